The van der Waals surface area contributed by atoms with Gasteiger partial charge in [-0.3, -0.25) is 0 Å². The highest BCUT2D eigenvalue weighted by Gasteiger charge is 2.14. The van der Waals surface area contributed by atoms with Gasteiger partial charge in [-0.25, -0.2) is 0 Å². The fourth-order valence-electron chi connectivity index (χ4n) is 2.56. The Labute approximate surface area is 132 Å². The first kappa shape index (κ1) is 15.9. The summed E-state index contributed by atoms with van der Waals surface area (Å²) in [5.41, 5.74) is 4.80. The van der Waals surface area contributed by atoms with Crippen LogP contribution in [0.25, 0.3) is 0 Å². The van der Waals surface area contributed by atoms with Crippen LogP contribution >= 0.6 is 11.6 Å². The molecule has 0 heterocycles. The van der Waals surface area contributed by atoms with Crippen LogP contribution < -0.4 is 10.1 Å². The summed E-state index contributed by atoms with van der Waals surface area (Å²) in [5.74, 6) is 0.937. The van der Waals surface area contributed by atoms with E-state index in [2.05, 4.69) is 36.5 Å². The topological polar surface area (TPSA) is 21.3 Å². The largest absolute Gasteiger partial charge is 0.496 e. The van der Waals surface area contributed by atoms with Gasteiger partial charge in [0, 0.05) is 11.1 Å². The second-order valence-corrected chi connectivity index (χ2v) is 5.78. The Morgan fingerprint density at radius 2 is 1.90 bits per heavy atom. The van der Waals surface area contributed by atoms with E-state index in [9.17, 15) is 0 Å². The van der Waals surface area contributed by atoms with Gasteiger partial charge in [0.25, 0.3) is 0 Å². The predicted molar refractivity (Wildman–Crippen MR) is 89.4 cm³/mol. The van der Waals surface area contributed by atoms with Crippen molar-refractivity contribution in [2.75, 3.05) is 14.2 Å². The number of hydrogen-bond acceptors (Lipinski definition) is 2. The van der Waals surface area contributed by atoms with Gasteiger partial charge in [-0.2, -0.15) is 0 Å². The highest BCUT2D eigenvalue weighted by Crippen LogP contribution is 2.27. The monoisotopic (exact) mass is 303 g/mol. The number of benzene rings is 2. The molecule has 21 heavy (non-hydrogen) atoms. The smallest absolute Gasteiger partial charge is 0.122 e. The van der Waals surface area contributed by atoms with Crippen LogP contribution in [0.4, 0.5) is 0 Å². The standard InChI is InChI=1S/C18H22ClNO/c1-12-5-8-18(21-4)15(9-12)11-17(20-3)14-6-7-16(19)13(2)10-14/h5-10,17,20H,11H2,1-4H3. The molecule has 1 atom stereocenters. The molecule has 112 valence electrons. The minimum atomic E-state index is 0.233. The maximum Gasteiger partial charge on any atom is 0.122 e. The summed E-state index contributed by atoms with van der Waals surface area (Å²) in [4.78, 5) is 0. The first-order valence-corrected chi connectivity index (χ1v) is 7.49. The lowest BCUT2D eigenvalue weighted by Crippen LogP contribution is -2.19. The summed E-state index contributed by atoms with van der Waals surface area (Å²) in [6.45, 7) is 4.13. The molecule has 0 saturated heterocycles. The van der Waals surface area contributed by atoms with Gasteiger partial charge >= 0.3 is 0 Å². The Morgan fingerprint density at radius 3 is 2.52 bits per heavy atom. The van der Waals surface area contributed by atoms with E-state index in [1.165, 1.54) is 16.7 Å². The quantitative estimate of drug-likeness (QED) is 0.880. The molecule has 0 fully saturated rings. The van der Waals surface area contributed by atoms with Gasteiger partial charge in [0.1, 0.15) is 5.75 Å². The minimum absolute atomic E-state index is 0.233. The van der Waals surface area contributed by atoms with Crippen molar-refractivity contribution in [3.63, 3.8) is 0 Å². The van der Waals surface area contributed by atoms with Crippen molar-refractivity contribution in [3.8, 4) is 5.75 Å². The molecular weight excluding hydrogens is 282 g/mol. The molecule has 0 aliphatic carbocycles. The number of rotatable bonds is 5. The summed E-state index contributed by atoms with van der Waals surface area (Å²) in [6.07, 6.45) is 0.877. The highest BCUT2D eigenvalue weighted by molar-refractivity contribution is 6.31. The molecule has 2 aromatic carbocycles. The number of ether oxygens (including phenoxy) is 1. The summed E-state index contributed by atoms with van der Waals surface area (Å²) >= 11 is 6.12. The molecule has 2 rings (SSSR count). The number of aryl methyl sites for hydroxylation is 2. The van der Waals surface area contributed by atoms with Crippen molar-refractivity contribution in [2.24, 2.45) is 0 Å². The first-order valence-electron chi connectivity index (χ1n) is 7.12. The van der Waals surface area contributed by atoms with Gasteiger partial charge in [0.15, 0.2) is 0 Å². The third-order valence-electron chi connectivity index (χ3n) is 3.79. The Balaban J connectivity index is 2.30. The van der Waals surface area contributed by atoms with Gasteiger partial charge in [-0.15, -0.1) is 0 Å². The van der Waals surface area contributed by atoms with E-state index >= 15 is 0 Å². The van der Waals surface area contributed by atoms with E-state index in [1.54, 1.807) is 7.11 Å². The molecule has 0 radical (unpaired) electrons. The maximum atomic E-state index is 6.12. The van der Waals surface area contributed by atoms with Gasteiger partial charge in [-0.05, 0) is 56.1 Å². The highest BCUT2D eigenvalue weighted by atomic mass is 35.5. The minimum Gasteiger partial charge on any atom is -0.496 e. The van der Waals surface area contributed by atoms with Crippen molar-refractivity contribution in [3.05, 3.63) is 63.7 Å². The molecular formula is C18H22ClNO. The van der Waals surface area contributed by atoms with Gasteiger partial charge < -0.3 is 10.1 Å². The zero-order valence-corrected chi connectivity index (χ0v) is 13.8. The van der Waals surface area contributed by atoms with Crippen LogP contribution in [0.1, 0.15) is 28.3 Å². The SMILES string of the molecule is CNC(Cc1cc(C)ccc1OC)c1ccc(Cl)c(C)c1. The van der Waals surface area contributed by atoms with Crippen molar-refractivity contribution >= 4 is 11.6 Å². The lowest BCUT2D eigenvalue weighted by molar-refractivity contribution is 0.406. The summed E-state index contributed by atoms with van der Waals surface area (Å²) < 4.78 is 5.48. The molecule has 0 saturated carbocycles. The van der Waals surface area contributed by atoms with E-state index in [-0.39, 0.29) is 6.04 Å². The summed E-state index contributed by atoms with van der Waals surface area (Å²) in [5, 5.41) is 4.19. The lowest BCUT2D eigenvalue weighted by atomic mass is 9.96. The second kappa shape index (κ2) is 6.97. The normalized spacial score (nSPS) is 12.2. The molecule has 0 aliphatic heterocycles. The van der Waals surface area contributed by atoms with E-state index in [1.807, 2.05) is 26.1 Å². The average molecular weight is 304 g/mol. The first-order chi connectivity index (χ1) is 10.0. The molecule has 0 bridgehead atoms. The van der Waals surface area contributed by atoms with Crippen LogP contribution in [0.5, 0.6) is 5.75 Å². The number of methoxy groups -OCH3 is 1. The third kappa shape index (κ3) is 3.78. The zero-order chi connectivity index (χ0) is 15.4. The van der Waals surface area contributed by atoms with Gasteiger partial charge in [0.05, 0.1) is 7.11 Å². The van der Waals surface area contributed by atoms with E-state index in [0.29, 0.717) is 0 Å². The van der Waals surface area contributed by atoms with Crippen molar-refractivity contribution in [1.82, 2.24) is 5.32 Å². The molecule has 2 aromatic rings. The molecule has 0 aliphatic rings. The van der Waals surface area contributed by atoms with Crippen molar-refractivity contribution < 1.29 is 4.74 Å². The van der Waals surface area contributed by atoms with Crippen LogP contribution in [0.15, 0.2) is 36.4 Å². The summed E-state index contributed by atoms with van der Waals surface area (Å²) in [7, 11) is 3.70. The predicted octanol–water partition coefficient (Wildman–Crippen LogP) is 4.47. The number of halogens is 1. The molecule has 1 unspecified atom stereocenters. The van der Waals surface area contributed by atoms with Gasteiger partial charge in [0.2, 0.25) is 0 Å². The number of nitrogens with one attached hydrogen (secondary N) is 1. The van der Waals surface area contributed by atoms with Crippen LogP contribution in [-0.4, -0.2) is 14.2 Å². The van der Waals surface area contributed by atoms with E-state index in [0.717, 1.165) is 22.8 Å². The molecule has 1 N–H and O–H groups in total. The lowest BCUT2D eigenvalue weighted by Gasteiger charge is -2.19. The maximum absolute atomic E-state index is 6.12. The van der Waals surface area contributed by atoms with Crippen LogP contribution in [0.2, 0.25) is 5.02 Å². The van der Waals surface area contributed by atoms with E-state index in [4.69, 9.17) is 16.3 Å². The fraction of sp³-hybridized carbons (Fsp3) is 0.333. The van der Waals surface area contributed by atoms with Crippen LogP contribution in [0, 0.1) is 13.8 Å². The summed E-state index contributed by atoms with van der Waals surface area (Å²) in [6, 6.07) is 12.7. The Hall–Kier alpha value is -1.51. The number of hydrogen-bond donors (Lipinski definition) is 1. The average Bonchev–Trinajstić information content (AvgIpc) is 2.48. The second-order valence-electron chi connectivity index (χ2n) is 5.37. The number of likely N-dealkylation sites (N-methyl/N-ethyl adjacent to an activating group) is 1. The third-order valence-corrected chi connectivity index (χ3v) is 4.22. The van der Waals surface area contributed by atoms with Crippen LogP contribution in [-0.2, 0) is 6.42 Å². The van der Waals surface area contributed by atoms with Crippen LogP contribution in [0.3, 0.4) is 0 Å². The molecule has 0 aromatic heterocycles. The van der Waals surface area contributed by atoms with Crippen molar-refractivity contribution in [2.45, 2.75) is 26.3 Å². The molecule has 2 nitrogen and oxygen atoms in total. The zero-order valence-electron chi connectivity index (χ0n) is 13.0. The Kier molecular flexibility index (Phi) is 5.27. The Morgan fingerprint density at radius 1 is 1.14 bits per heavy atom. The Bertz CT molecular complexity index is 625. The van der Waals surface area contributed by atoms with Crippen molar-refractivity contribution in [1.29, 1.82) is 0 Å². The van der Waals surface area contributed by atoms with Gasteiger partial charge in [-0.1, -0.05) is 41.4 Å². The fourth-order valence-corrected chi connectivity index (χ4v) is 2.68. The molecule has 3 heteroatoms. The molecule has 0 spiro atoms. The molecule has 0 amide bonds. The van der Waals surface area contributed by atoms with E-state index < -0.39 is 0 Å².